The van der Waals surface area contributed by atoms with Crippen LogP contribution in [0.5, 0.6) is 0 Å². The normalized spacial score (nSPS) is 15.4. The van der Waals surface area contributed by atoms with Gasteiger partial charge in [0.15, 0.2) is 4.47 Å². The maximum Gasteiger partial charge on any atom is 0.183 e. The highest BCUT2D eigenvalue weighted by atomic mass is 35.5. The first-order chi connectivity index (χ1) is 7.69. The first-order valence-corrected chi connectivity index (χ1v) is 6.75. The van der Waals surface area contributed by atoms with Crippen molar-refractivity contribution < 1.29 is 0 Å². The molecule has 0 bridgehead atoms. The Morgan fingerprint density at radius 1 is 1.56 bits per heavy atom. The van der Waals surface area contributed by atoms with Gasteiger partial charge in [0, 0.05) is 30.5 Å². The van der Waals surface area contributed by atoms with Crippen LogP contribution in [-0.2, 0) is 6.54 Å². The van der Waals surface area contributed by atoms with Gasteiger partial charge in [0.05, 0.1) is 6.54 Å². The van der Waals surface area contributed by atoms with Crippen LogP contribution in [0, 0.1) is 0 Å². The molecule has 1 aliphatic rings. The lowest BCUT2D eigenvalue weighted by Gasteiger charge is -2.21. The van der Waals surface area contributed by atoms with Gasteiger partial charge in [-0.1, -0.05) is 23.8 Å². The molecule has 0 fully saturated rings. The number of halogens is 1. The molecule has 86 valence electrons. The summed E-state index contributed by atoms with van der Waals surface area (Å²) >= 11 is 12.4. The number of aromatic nitrogens is 1. The lowest BCUT2D eigenvalue weighted by Crippen LogP contribution is -2.28. The van der Waals surface area contributed by atoms with E-state index in [-0.39, 0.29) is 0 Å². The fourth-order valence-electron chi connectivity index (χ4n) is 1.63. The minimum Gasteiger partial charge on any atom is -0.355 e. The van der Waals surface area contributed by atoms with Gasteiger partial charge < -0.3 is 4.90 Å². The average molecular weight is 274 g/mol. The number of thiazole rings is 1. The minimum atomic E-state index is 0.593. The quantitative estimate of drug-likeness (QED) is 0.792. The van der Waals surface area contributed by atoms with Crippen molar-refractivity contribution in [1.29, 1.82) is 0 Å². The first-order valence-electron chi connectivity index (χ1n) is 5.14. The molecule has 0 amide bonds. The van der Waals surface area contributed by atoms with Gasteiger partial charge in [-0.25, -0.2) is 9.98 Å². The third-order valence-electron chi connectivity index (χ3n) is 2.44. The van der Waals surface area contributed by atoms with Crippen LogP contribution in [0.15, 0.2) is 11.2 Å². The highest BCUT2D eigenvalue weighted by Gasteiger charge is 2.17. The Bertz CT molecular complexity index is 427. The largest absolute Gasteiger partial charge is 0.355 e. The van der Waals surface area contributed by atoms with Gasteiger partial charge in [0.25, 0.3) is 0 Å². The van der Waals surface area contributed by atoms with Crippen molar-refractivity contribution in [3.8, 4) is 0 Å². The molecule has 3 nitrogen and oxygen atoms in total. The van der Waals surface area contributed by atoms with Gasteiger partial charge in [-0.3, -0.25) is 0 Å². The van der Waals surface area contributed by atoms with Gasteiger partial charge in [0.2, 0.25) is 0 Å². The third-order valence-corrected chi connectivity index (χ3v) is 3.83. The van der Waals surface area contributed by atoms with Gasteiger partial charge >= 0.3 is 0 Å². The molecule has 0 radical (unpaired) electrons. The Labute approximate surface area is 109 Å². The van der Waals surface area contributed by atoms with Crippen LogP contribution < -0.4 is 0 Å². The molecule has 16 heavy (non-hydrogen) atoms. The van der Waals surface area contributed by atoms with E-state index in [0.717, 1.165) is 41.6 Å². The lowest BCUT2D eigenvalue weighted by molar-refractivity contribution is 0.433. The molecule has 0 saturated carbocycles. The van der Waals surface area contributed by atoms with Gasteiger partial charge in [-0.05, 0) is 6.92 Å². The Kier molecular flexibility index (Phi) is 3.89. The summed E-state index contributed by atoms with van der Waals surface area (Å²) in [6.45, 7) is 3.87. The van der Waals surface area contributed by atoms with E-state index in [1.807, 2.05) is 6.20 Å². The average Bonchev–Trinajstić information content (AvgIpc) is 2.84. The Morgan fingerprint density at radius 3 is 2.88 bits per heavy atom. The molecular weight excluding hydrogens is 262 g/mol. The monoisotopic (exact) mass is 273 g/mol. The number of hydrogen-bond donors (Lipinski definition) is 0. The molecule has 1 aliphatic heterocycles. The van der Waals surface area contributed by atoms with Crippen LogP contribution in [0.1, 0.15) is 24.6 Å². The van der Waals surface area contributed by atoms with E-state index in [4.69, 9.17) is 23.8 Å². The van der Waals surface area contributed by atoms with Crippen molar-refractivity contribution in [3.63, 3.8) is 0 Å². The number of amidine groups is 1. The fraction of sp³-hybridized carbons (Fsp3) is 0.500. The molecule has 6 heteroatoms. The minimum absolute atomic E-state index is 0.593. The topological polar surface area (TPSA) is 28.5 Å². The van der Waals surface area contributed by atoms with Crippen LogP contribution in [0.25, 0.3) is 0 Å². The molecule has 0 aromatic carbocycles. The Balaban J connectivity index is 2.06. The second-order valence-corrected chi connectivity index (χ2v) is 5.68. The van der Waals surface area contributed by atoms with Gasteiger partial charge in [-0.15, -0.1) is 11.3 Å². The molecular formula is C10H12ClN3S2. The number of rotatable bonds is 3. The number of thiocarbonyl (C=S) groups is 1. The SMILES string of the molecule is CCN(Cc1cnc(Cl)s1)C1=NC(=S)CC1. The highest BCUT2D eigenvalue weighted by molar-refractivity contribution is 7.80. The summed E-state index contributed by atoms with van der Waals surface area (Å²) in [6, 6.07) is 0. The van der Waals surface area contributed by atoms with Crippen LogP contribution in [0.3, 0.4) is 0 Å². The maximum atomic E-state index is 5.81. The van der Waals surface area contributed by atoms with Crippen molar-refractivity contribution in [1.82, 2.24) is 9.88 Å². The molecule has 2 rings (SSSR count). The molecule has 0 N–H and O–H groups in total. The molecule has 0 saturated heterocycles. The Hall–Kier alpha value is -0.520. The van der Waals surface area contributed by atoms with E-state index in [1.165, 1.54) is 11.3 Å². The molecule has 0 aliphatic carbocycles. The van der Waals surface area contributed by atoms with Crippen molar-refractivity contribution >= 4 is 46.0 Å². The molecule has 0 unspecified atom stereocenters. The lowest BCUT2D eigenvalue weighted by atomic mass is 10.3. The molecule has 1 aromatic rings. The summed E-state index contributed by atoms with van der Waals surface area (Å²) in [6.07, 6.45) is 3.69. The van der Waals surface area contributed by atoms with Crippen LogP contribution in [0.2, 0.25) is 4.47 Å². The summed E-state index contributed by atoms with van der Waals surface area (Å²) in [4.78, 5) is 12.6. The van der Waals surface area contributed by atoms with Crippen LogP contribution in [-0.4, -0.2) is 27.3 Å². The molecule has 0 spiro atoms. The predicted molar refractivity (Wildman–Crippen MR) is 72.5 cm³/mol. The summed E-state index contributed by atoms with van der Waals surface area (Å²) in [5, 5.41) is 0. The number of aliphatic imine (C=N–C) groups is 1. The summed E-state index contributed by atoms with van der Waals surface area (Å²) in [7, 11) is 0. The zero-order valence-electron chi connectivity index (χ0n) is 8.94. The summed E-state index contributed by atoms with van der Waals surface area (Å²) in [5.41, 5.74) is 0. The van der Waals surface area contributed by atoms with Crippen LogP contribution in [0.4, 0.5) is 0 Å². The second kappa shape index (κ2) is 5.21. The van der Waals surface area contributed by atoms with Gasteiger partial charge in [0.1, 0.15) is 10.8 Å². The highest BCUT2D eigenvalue weighted by Crippen LogP contribution is 2.21. The van der Waals surface area contributed by atoms with E-state index >= 15 is 0 Å². The molecule has 1 aromatic heterocycles. The van der Waals surface area contributed by atoms with Crippen molar-refractivity contribution in [3.05, 3.63) is 15.5 Å². The standard InChI is InChI=1S/C10H12ClN3S2/c1-2-14(8-3-4-9(15)13-8)6-7-5-12-10(11)16-7/h5H,2-4,6H2,1H3. The van der Waals surface area contributed by atoms with E-state index in [2.05, 4.69) is 21.8 Å². The smallest absolute Gasteiger partial charge is 0.183 e. The predicted octanol–water partition coefficient (Wildman–Crippen LogP) is 3.14. The van der Waals surface area contributed by atoms with E-state index in [1.54, 1.807) is 0 Å². The second-order valence-electron chi connectivity index (χ2n) is 3.52. The molecule has 0 atom stereocenters. The first kappa shape index (κ1) is 12.0. The van der Waals surface area contributed by atoms with E-state index in [0.29, 0.717) is 4.47 Å². The summed E-state index contributed by atoms with van der Waals surface area (Å²) < 4.78 is 0.593. The van der Waals surface area contributed by atoms with Crippen molar-refractivity contribution in [2.24, 2.45) is 4.99 Å². The summed E-state index contributed by atoms with van der Waals surface area (Å²) in [5.74, 6) is 1.09. The van der Waals surface area contributed by atoms with Crippen LogP contribution >= 0.6 is 35.2 Å². The van der Waals surface area contributed by atoms with Crippen molar-refractivity contribution in [2.45, 2.75) is 26.3 Å². The zero-order chi connectivity index (χ0) is 11.5. The Morgan fingerprint density at radius 2 is 2.38 bits per heavy atom. The van der Waals surface area contributed by atoms with E-state index in [9.17, 15) is 0 Å². The molecule has 2 heterocycles. The van der Waals surface area contributed by atoms with Crippen molar-refractivity contribution in [2.75, 3.05) is 6.54 Å². The number of hydrogen-bond acceptors (Lipinski definition) is 4. The zero-order valence-corrected chi connectivity index (χ0v) is 11.3. The number of nitrogens with zero attached hydrogens (tertiary/aromatic N) is 3. The van der Waals surface area contributed by atoms with E-state index < -0.39 is 0 Å². The fourth-order valence-corrected chi connectivity index (χ4v) is 2.83. The third kappa shape index (κ3) is 2.78. The maximum absolute atomic E-state index is 5.81. The van der Waals surface area contributed by atoms with Gasteiger partial charge in [-0.2, -0.15) is 0 Å².